The first kappa shape index (κ1) is 19.0. The van der Waals surface area contributed by atoms with Crippen LogP contribution < -0.4 is 9.64 Å². The summed E-state index contributed by atoms with van der Waals surface area (Å²) in [7, 11) is 0. The zero-order valence-corrected chi connectivity index (χ0v) is 16.1. The van der Waals surface area contributed by atoms with Gasteiger partial charge >= 0.3 is 5.97 Å². The summed E-state index contributed by atoms with van der Waals surface area (Å²) in [6.45, 7) is 0.134. The van der Waals surface area contributed by atoms with Crippen molar-refractivity contribution < 1.29 is 23.6 Å². The molecule has 0 aliphatic carbocycles. The number of carbonyl (C=O) groups is 2. The number of aromatic nitrogens is 1. The number of fused-ring (bicyclic) bond motifs is 1. The molecule has 1 aliphatic heterocycles. The summed E-state index contributed by atoms with van der Waals surface area (Å²) in [5.74, 6) is 0.415. The number of rotatable bonds is 6. The molecule has 0 spiro atoms. The van der Waals surface area contributed by atoms with E-state index in [2.05, 4.69) is 5.16 Å². The molecule has 0 bridgehead atoms. The molecule has 0 atom stereocenters. The van der Waals surface area contributed by atoms with E-state index in [1.54, 1.807) is 30.3 Å². The van der Waals surface area contributed by atoms with Crippen LogP contribution in [-0.2, 0) is 20.9 Å². The summed E-state index contributed by atoms with van der Waals surface area (Å²) in [5.41, 5.74) is 2.13. The molecule has 8 heteroatoms. The highest BCUT2D eigenvalue weighted by molar-refractivity contribution is 6.30. The quantitative estimate of drug-likeness (QED) is 0.572. The van der Waals surface area contributed by atoms with Crippen molar-refractivity contribution in [1.29, 1.82) is 0 Å². The van der Waals surface area contributed by atoms with Crippen LogP contribution in [0.4, 0.5) is 5.69 Å². The Labute approximate surface area is 171 Å². The number of amides is 1. The number of benzene rings is 2. The fourth-order valence-corrected chi connectivity index (χ4v) is 3.09. The second kappa shape index (κ2) is 8.36. The molecule has 1 aromatic heterocycles. The molecule has 0 unspecified atom stereocenters. The van der Waals surface area contributed by atoms with Crippen molar-refractivity contribution in [3.63, 3.8) is 0 Å². The van der Waals surface area contributed by atoms with E-state index < -0.39 is 5.97 Å². The first-order chi connectivity index (χ1) is 14.1. The number of esters is 1. The lowest BCUT2D eigenvalue weighted by Gasteiger charge is -2.28. The predicted octanol–water partition coefficient (Wildman–Crippen LogP) is 3.85. The molecule has 2 heterocycles. The van der Waals surface area contributed by atoms with Crippen LogP contribution in [0.25, 0.3) is 11.3 Å². The van der Waals surface area contributed by atoms with Crippen molar-refractivity contribution in [2.45, 2.75) is 13.0 Å². The van der Waals surface area contributed by atoms with E-state index in [4.69, 9.17) is 25.6 Å². The Morgan fingerprint density at radius 2 is 1.97 bits per heavy atom. The van der Waals surface area contributed by atoms with Crippen LogP contribution >= 0.6 is 11.6 Å². The number of hydrogen-bond donors (Lipinski definition) is 0. The van der Waals surface area contributed by atoms with Gasteiger partial charge in [-0.25, -0.2) is 0 Å². The maximum Gasteiger partial charge on any atom is 0.308 e. The van der Waals surface area contributed by atoms with Gasteiger partial charge in [-0.05, 0) is 24.3 Å². The summed E-state index contributed by atoms with van der Waals surface area (Å²) in [4.78, 5) is 25.8. The van der Waals surface area contributed by atoms with E-state index in [0.717, 1.165) is 5.56 Å². The average molecular weight is 413 g/mol. The van der Waals surface area contributed by atoms with Crippen molar-refractivity contribution in [2.24, 2.45) is 0 Å². The molecule has 29 heavy (non-hydrogen) atoms. The van der Waals surface area contributed by atoms with Gasteiger partial charge in [0.15, 0.2) is 19.0 Å². The molecule has 1 amide bonds. The normalized spacial score (nSPS) is 13.0. The zero-order valence-electron chi connectivity index (χ0n) is 15.3. The van der Waals surface area contributed by atoms with Crippen molar-refractivity contribution >= 4 is 29.2 Å². The van der Waals surface area contributed by atoms with Gasteiger partial charge in [-0.2, -0.15) is 0 Å². The molecular formula is C21H17ClN2O5. The summed E-state index contributed by atoms with van der Waals surface area (Å²) in [5, 5.41) is 4.60. The molecule has 1 aliphatic rings. The molecule has 3 aromatic rings. The van der Waals surface area contributed by atoms with Crippen molar-refractivity contribution in [1.82, 2.24) is 5.16 Å². The number of anilines is 1. The number of nitrogens with zero attached hydrogens (tertiary/aromatic N) is 2. The third kappa shape index (κ3) is 4.41. The number of ether oxygens (including phenoxy) is 2. The standard InChI is InChI=1S/C21H17ClN2O5/c22-15-7-5-14(6-8-15)17-11-16(29-23-17)12-28-21(26)9-10-24-18-3-1-2-4-19(18)27-13-20(24)25/h1-8,11H,9-10,12-13H2. The van der Waals surface area contributed by atoms with Gasteiger partial charge in [0, 0.05) is 23.2 Å². The number of hydrogen-bond acceptors (Lipinski definition) is 6. The lowest BCUT2D eigenvalue weighted by molar-refractivity contribution is -0.145. The van der Waals surface area contributed by atoms with Gasteiger partial charge in [-0.15, -0.1) is 0 Å². The highest BCUT2D eigenvalue weighted by atomic mass is 35.5. The van der Waals surface area contributed by atoms with E-state index in [0.29, 0.717) is 27.9 Å². The van der Waals surface area contributed by atoms with Crippen LogP contribution in [0.3, 0.4) is 0 Å². The average Bonchev–Trinajstić information content (AvgIpc) is 3.21. The molecule has 4 rings (SSSR count). The SMILES string of the molecule is O=C(CCN1C(=O)COc2ccccc21)OCc1cc(-c2ccc(Cl)cc2)no1. The molecule has 148 valence electrons. The predicted molar refractivity (Wildman–Crippen MR) is 106 cm³/mol. The fraction of sp³-hybridized carbons (Fsp3) is 0.190. The third-order valence-electron chi connectivity index (χ3n) is 4.42. The van der Waals surface area contributed by atoms with E-state index in [1.165, 1.54) is 4.90 Å². The smallest absolute Gasteiger partial charge is 0.308 e. The largest absolute Gasteiger partial charge is 0.482 e. The summed E-state index contributed by atoms with van der Waals surface area (Å²) >= 11 is 5.88. The maximum atomic E-state index is 12.1. The minimum Gasteiger partial charge on any atom is -0.482 e. The first-order valence-electron chi connectivity index (χ1n) is 8.99. The van der Waals surface area contributed by atoms with Crippen LogP contribution in [0.15, 0.2) is 59.1 Å². The Morgan fingerprint density at radius 3 is 2.79 bits per heavy atom. The molecule has 0 fully saturated rings. The molecule has 7 nitrogen and oxygen atoms in total. The van der Waals surface area contributed by atoms with E-state index in [1.807, 2.05) is 24.3 Å². The maximum absolute atomic E-state index is 12.1. The topological polar surface area (TPSA) is 81.9 Å². The van der Waals surface area contributed by atoms with Gasteiger partial charge in [0.25, 0.3) is 5.91 Å². The van der Waals surface area contributed by atoms with E-state index in [-0.39, 0.29) is 32.1 Å². The lowest BCUT2D eigenvalue weighted by Crippen LogP contribution is -2.40. The second-order valence-corrected chi connectivity index (χ2v) is 6.83. The van der Waals surface area contributed by atoms with Crippen LogP contribution in [0, 0.1) is 0 Å². The third-order valence-corrected chi connectivity index (χ3v) is 4.67. The van der Waals surface area contributed by atoms with Crippen molar-refractivity contribution in [3.8, 4) is 17.0 Å². The van der Waals surface area contributed by atoms with Gasteiger partial charge in [0.2, 0.25) is 0 Å². The summed E-state index contributed by atoms with van der Waals surface area (Å²) in [6, 6.07) is 16.1. The Bertz CT molecular complexity index is 1030. The highest BCUT2D eigenvalue weighted by Crippen LogP contribution is 2.31. The van der Waals surface area contributed by atoms with Crippen molar-refractivity contribution in [3.05, 3.63) is 65.4 Å². The zero-order chi connectivity index (χ0) is 20.2. The summed E-state index contributed by atoms with van der Waals surface area (Å²) in [6.07, 6.45) is 0.0538. The monoisotopic (exact) mass is 412 g/mol. The second-order valence-electron chi connectivity index (χ2n) is 6.40. The van der Waals surface area contributed by atoms with Gasteiger partial charge < -0.3 is 18.9 Å². The number of halogens is 1. The molecule has 0 saturated heterocycles. The Hall–Kier alpha value is -3.32. The highest BCUT2D eigenvalue weighted by Gasteiger charge is 2.25. The molecule has 0 saturated carbocycles. The van der Waals surface area contributed by atoms with Gasteiger partial charge in [0.05, 0.1) is 12.1 Å². The van der Waals surface area contributed by atoms with Crippen LogP contribution in [0.1, 0.15) is 12.2 Å². The number of carbonyl (C=O) groups excluding carboxylic acids is 2. The van der Waals surface area contributed by atoms with Gasteiger partial charge in [-0.3, -0.25) is 9.59 Å². The Morgan fingerprint density at radius 1 is 1.17 bits per heavy atom. The van der Waals surface area contributed by atoms with Crippen molar-refractivity contribution in [2.75, 3.05) is 18.1 Å². The Kier molecular flexibility index (Phi) is 5.48. The van der Waals surface area contributed by atoms with Crippen LogP contribution in [0.5, 0.6) is 5.75 Å². The van der Waals surface area contributed by atoms with Gasteiger partial charge in [-0.1, -0.05) is 41.0 Å². The molecule has 2 aromatic carbocycles. The van der Waals surface area contributed by atoms with Crippen LogP contribution in [-0.4, -0.2) is 30.2 Å². The fourth-order valence-electron chi connectivity index (χ4n) is 2.96. The minimum atomic E-state index is -0.439. The summed E-state index contributed by atoms with van der Waals surface area (Å²) < 4.78 is 15.9. The van der Waals surface area contributed by atoms with Gasteiger partial charge in [0.1, 0.15) is 11.4 Å². The molecular weight excluding hydrogens is 396 g/mol. The molecule has 0 radical (unpaired) electrons. The van der Waals surface area contributed by atoms with E-state index in [9.17, 15) is 9.59 Å². The Balaban J connectivity index is 1.31. The first-order valence-corrected chi connectivity index (χ1v) is 9.37. The lowest BCUT2D eigenvalue weighted by atomic mass is 10.1. The minimum absolute atomic E-state index is 0.0347. The van der Waals surface area contributed by atoms with E-state index >= 15 is 0 Å². The number of para-hydroxylation sites is 2. The molecule has 0 N–H and O–H groups in total. The van der Waals surface area contributed by atoms with Crippen LogP contribution in [0.2, 0.25) is 5.02 Å².